The average Bonchev–Trinajstić information content (AvgIpc) is 3.14. The highest BCUT2D eigenvalue weighted by molar-refractivity contribution is 5.99. The molecule has 0 saturated heterocycles. The van der Waals surface area contributed by atoms with Crippen molar-refractivity contribution < 1.29 is 14.4 Å². The van der Waals surface area contributed by atoms with Crippen LogP contribution in [0.2, 0.25) is 0 Å². The van der Waals surface area contributed by atoms with Crippen LogP contribution in [-0.4, -0.2) is 33.3 Å². The van der Waals surface area contributed by atoms with Gasteiger partial charge >= 0.3 is 0 Å². The zero-order valence-electron chi connectivity index (χ0n) is 12.5. The van der Waals surface area contributed by atoms with Gasteiger partial charge in [-0.25, -0.2) is 0 Å². The van der Waals surface area contributed by atoms with Crippen molar-refractivity contribution in [3.05, 3.63) is 35.7 Å². The normalized spacial score (nSPS) is 16.6. The predicted octanol–water partition coefficient (Wildman–Crippen LogP) is 2.08. The molecule has 1 aliphatic carbocycles. The monoisotopic (exact) mass is 301 g/mol. The zero-order chi connectivity index (χ0) is 15.6. The Hall–Kier alpha value is -2.21. The lowest BCUT2D eigenvalue weighted by molar-refractivity contribution is 0.0450. The van der Waals surface area contributed by atoms with Crippen molar-refractivity contribution in [3.63, 3.8) is 0 Å². The SMILES string of the molecule is Cc1noc(-c2ccccc2C(=O)NCC2(O)CCCC2)n1. The van der Waals surface area contributed by atoms with E-state index in [2.05, 4.69) is 15.5 Å². The highest BCUT2D eigenvalue weighted by Gasteiger charge is 2.31. The van der Waals surface area contributed by atoms with Crippen molar-refractivity contribution in [3.8, 4) is 11.5 Å². The van der Waals surface area contributed by atoms with Gasteiger partial charge in [0.25, 0.3) is 11.8 Å². The molecule has 1 aromatic carbocycles. The molecule has 0 bridgehead atoms. The van der Waals surface area contributed by atoms with Gasteiger partial charge in [-0.3, -0.25) is 4.79 Å². The first-order chi connectivity index (χ1) is 10.6. The van der Waals surface area contributed by atoms with Gasteiger partial charge < -0.3 is 14.9 Å². The molecule has 2 aromatic rings. The average molecular weight is 301 g/mol. The van der Waals surface area contributed by atoms with Crippen molar-refractivity contribution in [2.24, 2.45) is 0 Å². The van der Waals surface area contributed by atoms with Crippen LogP contribution in [0.1, 0.15) is 41.9 Å². The van der Waals surface area contributed by atoms with E-state index in [1.165, 1.54) is 0 Å². The summed E-state index contributed by atoms with van der Waals surface area (Å²) in [5, 5.41) is 16.9. The van der Waals surface area contributed by atoms with Crippen LogP contribution in [0, 0.1) is 6.92 Å². The summed E-state index contributed by atoms with van der Waals surface area (Å²) in [5.74, 6) is 0.597. The van der Waals surface area contributed by atoms with E-state index in [4.69, 9.17) is 4.52 Å². The molecule has 6 nitrogen and oxygen atoms in total. The molecule has 1 amide bonds. The number of carbonyl (C=O) groups excluding carboxylic acids is 1. The number of aryl methyl sites for hydroxylation is 1. The molecule has 2 N–H and O–H groups in total. The number of hydrogen-bond acceptors (Lipinski definition) is 5. The third kappa shape index (κ3) is 3.01. The molecule has 0 radical (unpaired) electrons. The minimum atomic E-state index is -0.772. The summed E-state index contributed by atoms with van der Waals surface area (Å²) in [4.78, 5) is 16.6. The first-order valence-electron chi connectivity index (χ1n) is 7.48. The second kappa shape index (κ2) is 5.88. The zero-order valence-corrected chi connectivity index (χ0v) is 12.5. The molecule has 1 saturated carbocycles. The summed E-state index contributed by atoms with van der Waals surface area (Å²) in [5.41, 5.74) is 0.290. The third-order valence-corrected chi connectivity index (χ3v) is 4.04. The van der Waals surface area contributed by atoms with Gasteiger partial charge in [0.05, 0.1) is 16.7 Å². The summed E-state index contributed by atoms with van der Waals surface area (Å²) in [6.45, 7) is 1.99. The number of aliphatic hydroxyl groups is 1. The lowest BCUT2D eigenvalue weighted by Crippen LogP contribution is -2.40. The van der Waals surface area contributed by atoms with Gasteiger partial charge in [-0.15, -0.1) is 0 Å². The second-order valence-corrected chi connectivity index (χ2v) is 5.81. The molecule has 0 atom stereocenters. The van der Waals surface area contributed by atoms with Crippen molar-refractivity contribution >= 4 is 5.91 Å². The van der Waals surface area contributed by atoms with Gasteiger partial charge in [0.2, 0.25) is 0 Å². The maximum Gasteiger partial charge on any atom is 0.258 e. The Balaban J connectivity index is 1.78. The molecular weight excluding hydrogens is 282 g/mol. The molecule has 1 fully saturated rings. The van der Waals surface area contributed by atoms with Crippen LogP contribution < -0.4 is 5.32 Å². The molecular formula is C16H19N3O3. The summed E-state index contributed by atoms with van der Waals surface area (Å²) in [6, 6.07) is 7.08. The molecule has 1 aliphatic rings. The lowest BCUT2D eigenvalue weighted by Gasteiger charge is -2.22. The number of hydrogen-bond donors (Lipinski definition) is 2. The smallest absolute Gasteiger partial charge is 0.258 e. The molecule has 1 aromatic heterocycles. The van der Waals surface area contributed by atoms with E-state index >= 15 is 0 Å². The van der Waals surface area contributed by atoms with E-state index in [-0.39, 0.29) is 12.5 Å². The molecule has 1 heterocycles. The fourth-order valence-electron chi connectivity index (χ4n) is 2.82. The molecule has 0 spiro atoms. The van der Waals surface area contributed by atoms with Crippen molar-refractivity contribution in [1.82, 2.24) is 15.5 Å². The molecule has 6 heteroatoms. The Morgan fingerprint density at radius 2 is 2.09 bits per heavy atom. The van der Waals surface area contributed by atoms with Crippen LogP contribution in [-0.2, 0) is 0 Å². The molecule has 3 rings (SSSR count). The van der Waals surface area contributed by atoms with Crippen LogP contribution in [0.4, 0.5) is 0 Å². The first-order valence-corrected chi connectivity index (χ1v) is 7.48. The minimum absolute atomic E-state index is 0.244. The Morgan fingerprint density at radius 3 is 2.77 bits per heavy atom. The van der Waals surface area contributed by atoms with Gasteiger partial charge in [0.15, 0.2) is 5.82 Å². The number of amides is 1. The van der Waals surface area contributed by atoms with Crippen LogP contribution >= 0.6 is 0 Å². The largest absolute Gasteiger partial charge is 0.388 e. The number of carbonyl (C=O) groups is 1. The van der Waals surface area contributed by atoms with Gasteiger partial charge in [0.1, 0.15) is 0 Å². The van der Waals surface area contributed by atoms with E-state index in [1.807, 2.05) is 6.07 Å². The Labute approximate surface area is 128 Å². The fourth-order valence-corrected chi connectivity index (χ4v) is 2.82. The lowest BCUT2D eigenvalue weighted by atomic mass is 10.0. The Morgan fingerprint density at radius 1 is 1.36 bits per heavy atom. The Kier molecular flexibility index (Phi) is 3.94. The van der Waals surface area contributed by atoms with Crippen LogP contribution in [0.15, 0.2) is 28.8 Å². The van der Waals surface area contributed by atoms with Crippen molar-refractivity contribution in [1.29, 1.82) is 0 Å². The van der Waals surface area contributed by atoms with Gasteiger partial charge in [-0.1, -0.05) is 30.1 Å². The number of aromatic nitrogens is 2. The van der Waals surface area contributed by atoms with Gasteiger partial charge in [0, 0.05) is 6.54 Å². The number of nitrogens with one attached hydrogen (secondary N) is 1. The molecule has 0 aliphatic heterocycles. The minimum Gasteiger partial charge on any atom is -0.388 e. The van der Waals surface area contributed by atoms with E-state index in [1.54, 1.807) is 25.1 Å². The molecule has 22 heavy (non-hydrogen) atoms. The second-order valence-electron chi connectivity index (χ2n) is 5.81. The summed E-state index contributed by atoms with van der Waals surface area (Å²) in [6.07, 6.45) is 3.48. The van der Waals surface area contributed by atoms with Crippen molar-refractivity contribution in [2.45, 2.75) is 38.2 Å². The van der Waals surface area contributed by atoms with E-state index in [9.17, 15) is 9.90 Å². The summed E-state index contributed by atoms with van der Waals surface area (Å²) < 4.78 is 5.15. The topological polar surface area (TPSA) is 88.2 Å². The van der Waals surface area contributed by atoms with E-state index < -0.39 is 5.60 Å². The number of nitrogens with zero attached hydrogens (tertiary/aromatic N) is 2. The third-order valence-electron chi connectivity index (χ3n) is 4.04. The van der Waals surface area contributed by atoms with Crippen LogP contribution in [0.5, 0.6) is 0 Å². The highest BCUT2D eigenvalue weighted by atomic mass is 16.5. The first kappa shape index (κ1) is 14.7. The van der Waals surface area contributed by atoms with E-state index in [0.717, 1.165) is 25.7 Å². The van der Waals surface area contributed by atoms with Crippen LogP contribution in [0.25, 0.3) is 11.5 Å². The summed E-state index contributed by atoms with van der Waals surface area (Å²) in [7, 11) is 0. The quantitative estimate of drug-likeness (QED) is 0.902. The highest BCUT2D eigenvalue weighted by Crippen LogP contribution is 2.29. The maximum atomic E-state index is 12.4. The predicted molar refractivity (Wildman–Crippen MR) is 80.2 cm³/mol. The fraction of sp³-hybridized carbons (Fsp3) is 0.438. The van der Waals surface area contributed by atoms with E-state index in [0.29, 0.717) is 22.8 Å². The Bertz CT molecular complexity index is 675. The standard InChI is InChI=1S/C16H19N3O3/c1-11-18-15(22-19-11)13-7-3-2-6-12(13)14(20)17-10-16(21)8-4-5-9-16/h2-3,6-7,21H,4-5,8-10H2,1H3,(H,17,20). The molecule has 116 valence electrons. The summed E-state index contributed by atoms with van der Waals surface area (Å²) >= 11 is 0. The number of rotatable bonds is 4. The van der Waals surface area contributed by atoms with Gasteiger partial charge in [-0.2, -0.15) is 4.98 Å². The van der Waals surface area contributed by atoms with Gasteiger partial charge in [-0.05, 0) is 31.9 Å². The number of benzene rings is 1. The van der Waals surface area contributed by atoms with Crippen LogP contribution in [0.3, 0.4) is 0 Å². The maximum absolute atomic E-state index is 12.4. The van der Waals surface area contributed by atoms with Crippen molar-refractivity contribution in [2.75, 3.05) is 6.54 Å². The molecule has 0 unspecified atom stereocenters.